The second-order valence-electron chi connectivity index (χ2n) is 5.41. The summed E-state index contributed by atoms with van der Waals surface area (Å²) in [6.07, 6.45) is 3.72. The van der Waals surface area contributed by atoms with Crippen LogP contribution < -0.4 is 5.73 Å². The van der Waals surface area contributed by atoms with Gasteiger partial charge < -0.3 is 5.73 Å². The number of hydrogen-bond donors (Lipinski definition) is 1. The van der Waals surface area contributed by atoms with Gasteiger partial charge in [-0.15, -0.1) is 0 Å². The van der Waals surface area contributed by atoms with E-state index in [1.54, 1.807) is 0 Å². The SMILES string of the molecule is CC(C)N(Cc1ccccc1)C1CCCC1N. The van der Waals surface area contributed by atoms with E-state index in [9.17, 15) is 0 Å². The molecule has 1 saturated carbocycles. The molecule has 94 valence electrons. The summed E-state index contributed by atoms with van der Waals surface area (Å²) < 4.78 is 0. The summed E-state index contributed by atoms with van der Waals surface area (Å²) in [4.78, 5) is 2.56. The first-order valence-electron chi connectivity index (χ1n) is 6.73. The van der Waals surface area contributed by atoms with Gasteiger partial charge in [0.1, 0.15) is 0 Å². The first kappa shape index (κ1) is 12.6. The van der Waals surface area contributed by atoms with Gasteiger partial charge in [-0.2, -0.15) is 0 Å². The van der Waals surface area contributed by atoms with Gasteiger partial charge in [-0.25, -0.2) is 0 Å². The van der Waals surface area contributed by atoms with Crippen LogP contribution in [-0.4, -0.2) is 23.0 Å². The minimum Gasteiger partial charge on any atom is -0.326 e. The predicted molar refractivity (Wildman–Crippen MR) is 72.7 cm³/mol. The average molecular weight is 232 g/mol. The molecule has 0 saturated heterocycles. The molecule has 1 aromatic rings. The monoisotopic (exact) mass is 232 g/mol. The maximum atomic E-state index is 6.23. The van der Waals surface area contributed by atoms with Gasteiger partial charge in [0, 0.05) is 24.7 Å². The number of nitrogens with two attached hydrogens (primary N) is 1. The van der Waals surface area contributed by atoms with Crippen LogP contribution in [0.1, 0.15) is 38.7 Å². The Morgan fingerprint density at radius 3 is 2.47 bits per heavy atom. The zero-order valence-corrected chi connectivity index (χ0v) is 11.0. The van der Waals surface area contributed by atoms with Crippen LogP contribution >= 0.6 is 0 Å². The molecule has 0 amide bonds. The lowest BCUT2D eigenvalue weighted by Gasteiger charge is -2.35. The quantitative estimate of drug-likeness (QED) is 0.865. The third-order valence-corrected chi connectivity index (χ3v) is 3.83. The Labute approximate surface area is 105 Å². The van der Waals surface area contributed by atoms with Crippen LogP contribution in [0.2, 0.25) is 0 Å². The van der Waals surface area contributed by atoms with E-state index in [1.165, 1.54) is 24.8 Å². The fourth-order valence-electron chi connectivity index (χ4n) is 2.86. The number of benzene rings is 1. The molecule has 0 aliphatic heterocycles. The Kier molecular flexibility index (Phi) is 4.19. The largest absolute Gasteiger partial charge is 0.326 e. The van der Waals surface area contributed by atoms with Crippen molar-refractivity contribution >= 4 is 0 Å². The molecule has 1 aliphatic rings. The van der Waals surface area contributed by atoms with Crippen molar-refractivity contribution in [3.05, 3.63) is 35.9 Å². The van der Waals surface area contributed by atoms with E-state index < -0.39 is 0 Å². The van der Waals surface area contributed by atoms with Crippen LogP contribution in [0.15, 0.2) is 30.3 Å². The van der Waals surface area contributed by atoms with Crippen molar-refractivity contribution < 1.29 is 0 Å². The molecule has 0 heterocycles. The lowest BCUT2D eigenvalue weighted by Crippen LogP contribution is -2.47. The third-order valence-electron chi connectivity index (χ3n) is 3.83. The molecule has 17 heavy (non-hydrogen) atoms. The second-order valence-corrected chi connectivity index (χ2v) is 5.41. The van der Waals surface area contributed by atoms with Crippen LogP contribution in [0, 0.1) is 0 Å². The highest BCUT2D eigenvalue weighted by Crippen LogP contribution is 2.25. The first-order valence-corrected chi connectivity index (χ1v) is 6.73. The lowest BCUT2D eigenvalue weighted by molar-refractivity contribution is 0.135. The Morgan fingerprint density at radius 2 is 1.94 bits per heavy atom. The van der Waals surface area contributed by atoms with Crippen molar-refractivity contribution in [3.63, 3.8) is 0 Å². The highest BCUT2D eigenvalue weighted by atomic mass is 15.2. The molecule has 2 heteroatoms. The predicted octanol–water partition coefficient (Wildman–Crippen LogP) is 2.78. The summed E-state index contributed by atoms with van der Waals surface area (Å²) in [5, 5.41) is 0. The lowest BCUT2D eigenvalue weighted by atomic mass is 10.1. The molecule has 1 aliphatic carbocycles. The molecular formula is C15H24N2. The van der Waals surface area contributed by atoms with Crippen LogP contribution in [0.3, 0.4) is 0 Å². The van der Waals surface area contributed by atoms with Gasteiger partial charge in [-0.1, -0.05) is 36.8 Å². The molecule has 2 atom stereocenters. The van der Waals surface area contributed by atoms with Crippen molar-refractivity contribution in [2.45, 2.75) is 57.8 Å². The highest BCUT2D eigenvalue weighted by Gasteiger charge is 2.30. The van der Waals surface area contributed by atoms with Crippen molar-refractivity contribution in [3.8, 4) is 0 Å². The van der Waals surface area contributed by atoms with Crippen molar-refractivity contribution in [1.82, 2.24) is 4.90 Å². The summed E-state index contributed by atoms with van der Waals surface area (Å²) in [6.45, 7) is 5.57. The topological polar surface area (TPSA) is 29.3 Å². The third kappa shape index (κ3) is 3.08. The van der Waals surface area contributed by atoms with E-state index in [1.807, 2.05) is 0 Å². The van der Waals surface area contributed by atoms with E-state index in [4.69, 9.17) is 5.73 Å². The van der Waals surface area contributed by atoms with Gasteiger partial charge in [0.2, 0.25) is 0 Å². The second kappa shape index (κ2) is 5.65. The van der Waals surface area contributed by atoms with E-state index in [0.29, 0.717) is 18.1 Å². The Balaban J connectivity index is 2.07. The van der Waals surface area contributed by atoms with Crippen molar-refractivity contribution in [1.29, 1.82) is 0 Å². The fourth-order valence-corrected chi connectivity index (χ4v) is 2.86. The summed E-state index contributed by atoms with van der Waals surface area (Å²) in [7, 11) is 0. The average Bonchev–Trinajstić information content (AvgIpc) is 2.73. The van der Waals surface area contributed by atoms with Crippen LogP contribution in [0.5, 0.6) is 0 Å². The maximum absolute atomic E-state index is 6.23. The minimum absolute atomic E-state index is 0.362. The first-order chi connectivity index (χ1) is 8.18. The smallest absolute Gasteiger partial charge is 0.0253 e. The van der Waals surface area contributed by atoms with Crippen molar-refractivity contribution in [2.75, 3.05) is 0 Å². The molecule has 1 aromatic carbocycles. The highest BCUT2D eigenvalue weighted by molar-refractivity contribution is 5.15. The van der Waals surface area contributed by atoms with E-state index in [0.717, 1.165) is 6.54 Å². The van der Waals surface area contributed by atoms with E-state index in [2.05, 4.69) is 49.1 Å². The summed E-state index contributed by atoms with van der Waals surface area (Å²) >= 11 is 0. The molecule has 0 spiro atoms. The summed E-state index contributed by atoms with van der Waals surface area (Å²) in [5.41, 5.74) is 7.62. The Hall–Kier alpha value is -0.860. The summed E-state index contributed by atoms with van der Waals surface area (Å²) in [5.74, 6) is 0. The van der Waals surface area contributed by atoms with Gasteiger partial charge in [0.15, 0.2) is 0 Å². The van der Waals surface area contributed by atoms with E-state index >= 15 is 0 Å². The van der Waals surface area contributed by atoms with E-state index in [-0.39, 0.29) is 0 Å². The number of nitrogens with zero attached hydrogens (tertiary/aromatic N) is 1. The normalized spacial score (nSPS) is 24.8. The zero-order chi connectivity index (χ0) is 12.3. The minimum atomic E-state index is 0.362. The summed E-state index contributed by atoms with van der Waals surface area (Å²) in [6, 6.07) is 12.2. The van der Waals surface area contributed by atoms with Gasteiger partial charge in [-0.3, -0.25) is 4.90 Å². The molecule has 2 rings (SSSR count). The molecule has 0 aromatic heterocycles. The van der Waals surface area contributed by atoms with Gasteiger partial charge in [0.25, 0.3) is 0 Å². The molecule has 0 radical (unpaired) electrons. The standard InChI is InChI=1S/C15H24N2/c1-12(2)17(15-10-6-9-14(15)16)11-13-7-4-3-5-8-13/h3-5,7-8,12,14-15H,6,9-11,16H2,1-2H3. The molecule has 1 fully saturated rings. The Morgan fingerprint density at radius 1 is 1.24 bits per heavy atom. The number of hydrogen-bond acceptors (Lipinski definition) is 2. The van der Waals surface area contributed by atoms with Gasteiger partial charge in [0.05, 0.1) is 0 Å². The van der Waals surface area contributed by atoms with Crippen LogP contribution in [0.4, 0.5) is 0 Å². The molecule has 2 N–H and O–H groups in total. The molecule has 0 bridgehead atoms. The number of rotatable bonds is 4. The van der Waals surface area contributed by atoms with Gasteiger partial charge >= 0.3 is 0 Å². The molecule has 2 unspecified atom stereocenters. The fraction of sp³-hybridized carbons (Fsp3) is 0.600. The van der Waals surface area contributed by atoms with Crippen LogP contribution in [0.25, 0.3) is 0 Å². The Bertz CT molecular complexity index is 334. The maximum Gasteiger partial charge on any atom is 0.0253 e. The zero-order valence-electron chi connectivity index (χ0n) is 11.0. The molecule has 2 nitrogen and oxygen atoms in total. The molecular weight excluding hydrogens is 208 g/mol. The van der Waals surface area contributed by atoms with Crippen molar-refractivity contribution in [2.24, 2.45) is 5.73 Å². The van der Waals surface area contributed by atoms with Gasteiger partial charge in [-0.05, 0) is 32.3 Å². The van der Waals surface area contributed by atoms with Crippen LogP contribution in [-0.2, 0) is 6.54 Å².